The summed E-state index contributed by atoms with van der Waals surface area (Å²) in [6.45, 7) is 16.4. The Hall–Kier alpha value is -2.40. The Morgan fingerprint density at radius 2 is 1.57 bits per heavy atom. The third-order valence-corrected chi connectivity index (χ3v) is 14.4. The van der Waals surface area contributed by atoms with E-state index >= 15 is 0 Å². The minimum absolute atomic E-state index is 0.00627. The second kappa shape index (κ2) is 10.3. The summed E-state index contributed by atoms with van der Waals surface area (Å²) in [5.41, 5.74) is 1.28. The van der Waals surface area contributed by atoms with Gasteiger partial charge in [0.15, 0.2) is 0 Å². The second-order valence-electron chi connectivity index (χ2n) is 17.4. The van der Waals surface area contributed by atoms with E-state index in [4.69, 9.17) is 4.74 Å². The van der Waals surface area contributed by atoms with E-state index in [0.29, 0.717) is 18.3 Å². The van der Waals surface area contributed by atoms with Crippen LogP contribution < -0.4 is 0 Å². The molecule has 0 heterocycles. The number of carboxylic acid groups (broad SMARTS) is 1. The van der Waals surface area contributed by atoms with E-state index in [1.807, 2.05) is 30.3 Å². The predicted molar refractivity (Wildman–Crippen MR) is 173 cm³/mol. The number of rotatable bonds is 4. The zero-order chi connectivity index (χ0) is 31.9. The number of aliphatic carboxylic acids is 1. The zero-order valence-corrected chi connectivity index (χ0v) is 28.0. The lowest BCUT2D eigenvalue weighted by molar-refractivity contribution is -0.238. The molecule has 0 bridgehead atoms. The number of aliphatic hydroxyl groups excluding tert-OH is 1. The molecule has 6 rings (SSSR count). The largest absolute Gasteiger partial charge is 0.481 e. The molecule has 0 spiro atoms. The SMILES string of the molecule is CC1(C)CC[C@]2(C(=O)O)CC[C@]3(C)C(=CC[C@H]4[C@@]5(C)C[C@@H](O)[C@H](OC(=O)/C=C/c6ccccc6)C(C)(C)[C@@H]5CC[C@]43C)[C@H]2C1. The highest BCUT2D eigenvalue weighted by Gasteiger charge is 2.70. The van der Waals surface area contributed by atoms with Gasteiger partial charge in [-0.3, -0.25) is 4.79 Å². The van der Waals surface area contributed by atoms with E-state index in [0.717, 1.165) is 56.9 Å². The molecule has 0 radical (unpaired) electrons. The molecule has 5 nitrogen and oxygen atoms in total. The Morgan fingerprint density at radius 1 is 0.886 bits per heavy atom. The molecular formula is C39H54O5. The highest BCUT2D eigenvalue weighted by atomic mass is 16.6. The summed E-state index contributed by atoms with van der Waals surface area (Å²) in [5.74, 6) is -0.263. The molecule has 0 aromatic heterocycles. The van der Waals surface area contributed by atoms with Crippen molar-refractivity contribution in [2.45, 2.75) is 118 Å². The average molecular weight is 603 g/mol. The van der Waals surface area contributed by atoms with Crippen LogP contribution >= 0.6 is 0 Å². The molecule has 0 amide bonds. The number of aliphatic hydroxyl groups is 1. The van der Waals surface area contributed by atoms with Gasteiger partial charge in [-0.15, -0.1) is 0 Å². The molecule has 0 aliphatic heterocycles. The maximum absolute atomic E-state index is 13.0. The van der Waals surface area contributed by atoms with Crippen molar-refractivity contribution in [3.05, 3.63) is 53.6 Å². The summed E-state index contributed by atoms with van der Waals surface area (Å²) in [7, 11) is 0. The number of carbonyl (C=O) groups is 2. The van der Waals surface area contributed by atoms with E-state index in [9.17, 15) is 19.8 Å². The standard InChI is InChI=1S/C39H54O5/c1-34(2)19-21-39(33(42)43)22-20-37(6)26(27(39)23-34)14-15-30-36(5)24-28(40)32(35(3,4)29(36)17-18-38(30,37)7)44-31(41)16-13-25-11-9-8-10-12-25/h8-14,16,27-30,32,40H,15,17-24H2,1-7H3,(H,42,43)/b16-13+/t27-,28-,29+,30+,32+,36+,37-,38-,39+/m1/s1. The normalized spacial score (nSPS) is 43.9. The number of hydrogen-bond donors (Lipinski definition) is 2. The van der Waals surface area contributed by atoms with Gasteiger partial charge in [0.05, 0.1) is 11.5 Å². The van der Waals surface area contributed by atoms with Crippen LogP contribution in [0.15, 0.2) is 48.1 Å². The van der Waals surface area contributed by atoms with Crippen LogP contribution in [0.3, 0.4) is 0 Å². The molecule has 5 heteroatoms. The fourth-order valence-electron chi connectivity index (χ4n) is 11.9. The lowest BCUT2D eigenvalue weighted by atomic mass is 9.33. The summed E-state index contributed by atoms with van der Waals surface area (Å²) in [6.07, 6.45) is 12.4. The molecular weight excluding hydrogens is 548 g/mol. The molecule has 44 heavy (non-hydrogen) atoms. The maximum atomic E-state index is 13.0. The summed E-state index contributed by atoms with van der Waals surface area (Å²) >= 11 is 0. The van der Waals surface area contributed by atoms with Gasteiger partial charge in [0.2, 0.25) is 0 Å². The number of carboxylic acids is 1. The lowest BCUT2D eigenvalue weighted by Gasteiger charge is -2.71. The minimum atomic E-state index is -0.744. The van der Waals surface area contributed by atoms with E-state index in [1.54, 1.807) is 6.08 Å². The molecule has 2 N–H and O–H groups in total. The van der Waals surface area contributed by atoms with Crippen molar-refractivity contribution >= 4 is 18.0 Å². The molecule has 1 aromatic carbocycles. The van der Waals surface area contributed by atoms with Gasteiger partial charge >= 0.3 is 11.9 Å². The van der Waals surface area contributed by atoms with Crippen molar-refractivity contribution in [2.24, 2.45) is 50.2 Å². The fraction of sp³-hybridized carbons (Fsp3) is 0.692. The Labute approximate surface area is 264 Å². The van der Waals surface area contributed by atoms with Crippen molar-refractivity contribution in [3.63, 3.8) is 0 Å². The average Bonchev–Trinajstić information content (AvgIpc) is 2.94. The summed E-state index contributed by atoms with van der Waals surface area (Å²) in [5, 5.41) is 22.4. The molecule has 4 saturated carbocycles. The quantitative estimate of drug-likeness (QED) is 0.205. The fourth-order valence-corrected chi connectivity index (χ4v) is 11.9. The van der Waals surface area contributed by atoms with Gasteiger partial charge in [0.1, 0.15) is 6.10 Å². The number of benzene rings is 1. The van der Waals surface area contributed by atoms with Crippen molar-refractivity contribution in [1.82, 2.24) is 0 Å². The Bertz CT molecular complexity index is 1370. The molecule has 0 saturated heterocycles. The molecule has 9 atom stereocenters. The third-order valence-electron chi connectivity index (χ3n) is 14.4. The van der Waals surface area contributed by atoms with E-state index in [2.05, 4.69) is 54.5 Å². The van der Waals surface area contributed by atoms with Gasteiger partial charge in [0, 0.05) is 11.5 Å². The molecule has 0 unspecified atom stereocenters. The van der Waals surface area contributed by atoms with Crippen molar-refractivity contribution in [1.29, 1.82) is 0 Å². The number of hydrogen-bond acceptors (Lipinski definition) is 4. The predicted octanol–water partition coefficient (Wildman–Crippen LogP) is 8.47. The summed E-state index contributed by atoms with van der Waals surface area (Å²) in [6, 6.07) is 9.71. The summed E-state index contributed by atoms with van der Waals surface area (Å²) in [4.78, 5) is 25.9. The van der Waals surface area contributed by atoms with Crippen LogP contribution in [-0.2, 0) is 14.3 Å². The maximum Gasteiger partial charge on any atom is 0.331 e. The zero-order valence-electron chi connectivity index (χ0n) is 28.0. The van der Waals surface area contributed by atoms with Crippen molar-refractivity contribution in [2.75, 3.05) is 0 Å². The Morgan fingerprint density at radius 3 is 2.25 bits per heavy atom. The van der Waals surface area contributed by atoms with Crippen LogP contribution in [0.4, 0.5) is 0 Å². The smallest absolute Gasteiger partial charge is 0.331 e. The number of esters is 1. The third kappa shape index (κ3) is 4.49. The first-order chi connectivity index (χ1) is 20.5. The minimum Gasteiger partial charge on any atom is -0.481 e. The first-order valence-electron chi connectivity index (χ1n) is 17.1. The van der Waals surface area contributed by atoms with E-state index in [1.165, 1.54) is 11.6 Å². The van der Waals surface area contributed by atoms with Gasteiger partial charge in [-0.1, -0.05) is 90.4 Å². The molecule has 1 aromatic rings. The van der Waals surface area contributed by atoms with Crippen LogP contribution in [0.25, 0.3) is 6.08 Å². The number of fused-ring (bicyclic) bond motifs is 7. The Balaban J connectivity index is 1.30. The number of ether oxygens (including phenoxy) is 1. The van der Waals surface area contributed by atoms with Crippen molar-refractivity contribution in [3.8, 4) is 0 Å². The van der Waals surface area contributed by atoms with Gasteiger partial charge in [-0.2, -0.15) is 0 Å². The highest BCUT2D eigenvalue weighted by Crippen LogP contribution is 2.75. The number of allylic oxidation sites excluding steroid dienone is 2. The van der Waals surface area contributed by atoms with Gasteiger partial charge in [0.25, 0.3) is 0 Å². The van der Waals surface area contributed by atoms with E-state index in [-0.39, 0.29) is 27.6 Å². The first kappa shape index (κ1) is 31.6. The molecule has 5 aliphatic carbocycles. The van der Waals surface area contributed by atoms with Crippen LogP contribution in [0.2, 0.25) is 0 Å². The first-order valence-corrected chi connectivity index (χ1v) is 17.1. The van der Waals surface area contributed by atoms with Crippen LogP contribution in [0.1, 0.15) is 112 Å². The lowest BCUT2D eigenvalue weighted by Crippen LogP contribution is -2.67. The second-order valence-corrected chi connectivity index (χ2v) is 17.4. The molecule has 5 aliphatic rings. The monoisotopic (exact) mass is 602 g/mol. The Kier molecular flexibility index (Phi) is 7.40. The van der Waals surface area contributed by atoms with Crippen molar-refractivity contribution < 1.29 is 24.5 Å². The van der Waals surface area contributed by atoms with Crippen LogP contribution in [0, 0.1) is 50.2 Å². The van der Waals surface area contributed by atoms with Crippen LogP contribution in [-0.4, -0.2) is 34.4 Å². The number of carbonyl (C=O) groups excluding carboxylic acids is 1. The van der Waals surface area contributed by atoms with Gasteiger partial charge < -0.3 is 14.9 Å². The topological polar surface area (TPSA) is 83.8 Å². The van der Waals surface area contributed by atoms with Crippen LogP contribution in [0.5, 0.6) is 0 Å². The highest BCUT2D eigenvalue weighted by molar-refractivity contribution is 5.87. The summed E-state index contributed by atoms with van der Waals surface area (Å²) < 4.78 is 6.07. The van der Waals surface area contributed by atoms with E-state index < -0.39 is 35.0 Å². The van der Waals surface area contributed by atoms with Gasteiger partial charge in [-0.25, -0.2) is 4.79 Å². The molecule has 240 valence electrons. The van der Waals surface area contributed by atoms with Gasteiger partial charge in [-0.05, 0) is 109 Å². The molecule has 4 fully saturated rings.